The molecule has 8 nitrogen and oxygen atoms in total. The van der Waals surface area contributed by atoms with Crippen LogP contribution in [0, 0.1) is 0 Å². The fourth-order valence-electron chi connectivity index (χ4n) is 8.19. The zero-order valence-corrected chi connectivity index (χ0v) is 29.3. The Hall–Kier alpha value is -3.86. The van der Waals surface area contributed by atoms with E-state index in [1.165, 1.54) is 21.5 Å². The average molecular weight is 661 g/mol. The van der Waals surface area contributed by atoms with Gasteiger partial charge in [0.05, 0.1) is 18.2 Å². The number of fused-ring (bicyclic) bond motifs is 3. The number of H-pyrrole nitrogens is 1. The third-order valence-corrected chi connectivity index (χ3v) is 15.3. The number of aryl methyl sites for hydroxylation is 1. The van der Waals surface area contributed by atoms with Gasteiger partial charge in [0, 0.05) is 11.8 Å². The molecule has 0 spiro atoms. The summed E-state index contributed by atoms with van der Waals surface area (Å²) in [4.78, 5) is 12.9. The molecular weight excluding hydrogens is 617 g/mol. The third-order valence-electron chi connectivity index (χ3n) is 10.3. The molecule has 5 atom stereocenters. The Balaban J connectivity index is 1.11. The van der Waals surface area contributed by atoms with Crippen LogP contribution in [0.4, 0.5) is 5.82 Å². The van der Waals surface area contributed by atoms with E-state index in [0.29, 0.717) is 6.61 Å². The minimum Gasteiger partial charge on any atom is -0.405 e. The standard InChI is InChI=1S/C39H44N4O4Si/c1-38(2,3)48(26-15-8-6-9-16-26,27-17-10-7-11-18-27)44-23-31-35-36(47-39(4,5)46-35)34(45-31)29-22-40-33-32(29)41-24-42-37(33)43-30-21-20-25-14-12-13-19-28(25)30/h6-19,22,24,30-31,34-36,40H,20-21,23H2,1-5H3,(H,41,42,43)/t30?,31-,34+,35-,36+/m1/s1. The van der Waals surface area contributed by atoms with Crippen LogP contribution in [0.2, 0.25) is 5.04 Å². The number of anilines is 1. The van der Waals surface area contributed by atoms with Gasteiger partial charge in [0.1, 0.15) is 36.3 Å². The van der Waals surface area contributed by atoms with Gasteiger partial charge in [-0.3, -0.25) is 0 Å². The van der Waals surface area contributed by atoms with Crippen LogP contribution in [0.3, 0.4) is 0 Å². The summed E-state index contributed by atoms with van der Waals surface area (Å²) in [6.45, 7) is 11.2. The fourth-order valence-corrected chi connectivity index (χ4v) is 12.8. The SMILES string of the molecule is CC1(C)O[C@@H]2[C@H](O1)[C@@H](CO[Si](c1ccccc1)(c1ccccc1)C(C)(C)C)O[C@H]2c1c[nH]c2c(NC3CCc4ccccc43)ncnc12. The van der Waals surface area contributed by atoms with Crippen molar-refractivity contribution in [2.45, 2.75) is 88.7 Å². The van der Waals surface area contributed by atoms with E-state index in [4.69, 9.17) is 23.6 Å². The molecule has 1 aliphatic carbocycles. The van der Waals surface area contributed by atoms with Gasteiger partial charge in [-0.2, -0.15) is 0 Å². The van der Waals surface area contributed by atoms with E-state index in [9.17, 15) is 0 Å². The fraction of sp³-hybridized carbons (Fsp3) is 0.385. The van der Waals surface area contributed by atoms with Crippen molar-refractivity contribution in [1.29, 1.82) is 0 Å². The monoisotopic (exact) mass is 660 g/mol. The number of rotatable bonds is 8. The molecule has 2 saturated heterocycles. The Morgan fingerprint density at radius 1 is 0.875 bits per heavy atom. The number of nitrogens with zero attached hydrogens (tertiary/aromatic N) is 2. The van der Waals surface area contributed by atoms with Gasteiger partial charge in [-0.15, -0.1) is 0 Å². The first-order valence-electron chi connectivity index (χ1n) is 17.1. The number of benzene rings is 3. The lowest BCUT2D eigenvalue weighted by atomic mass is 10.0. The normalized spacial score (nSPS) is 24.9. The lowest BCUT2D eigenvalue weighted by molar-refractivity contribution is -0.190. The number of hydrogen-bond acceptors (Lipinski definition) is 7. The van der Waals surface area contributed by atoms with Crippen molar-refractivity contribution >= 4 is 35.5 Å². The number of hydrogen-bond donors (Lipinski definition) is 2. The summed E-state index contributed by atoms with van der Waals surface area (Å²) >= 11 is 0. The second-order valence-corrected chi connectivity index (χ2v) is 19.1. The molecule has 0 saturated carbocycles. The smallest absolute Gasteiger partial charge is 0.261 e. The highest BCUT2D eigenvalue weighted by atomic mass is 28.4. The highest BCUT2D eigenvalue weighted by Crippen LogP contribution is 2.48. The average Bonchev–Trinajstić information content (AvgIpc) is 3.84. The first-order valence-corrected chi connectivity index (χ1v) is 19.0. The Morgan fingerprint density at radius 3 is 2.25 bits per heavy atom. The summed E-state index contributed by atoms with van der Waals surface area (Å²) in [5.41, 5.74) is 5.35. The van der Waals surface area contributed by atoms with E-state index < -0.39 is 20.2 Å². The second-order valence-electron chi connectivity index (χ2n) is 14.8. The number of ether oxygens (including phenoxy) is 3. The van der Waals surface area contributed by atoms with Gasteiger partial charge in [-0.1, -0.05) is 106 Å². The minimum atomic E-state index is -2.79. The Labute approximate surface area is 283 Å². The summed E-state index contributed by atoms with van der Waals surface area (Å²) in [6.07, 6.45) is 4.35. The third kappa shape index (κ3) is 5.29. The van der Waals surface area contributed by atoms with E-state index in [-0.39, 0.29) is 29.4 Å². The summed E-state index contributed by atoms with van der Waals surface area (Å²) < 4.78 is 27.4. The lowest BCUT2D eigenvalue weighted by Gasteiger charge is -2.43. The minimum absolute atomic E-state index is 0.156. The molecule has 0 amide bonds. The van der Waals surface area contributed by atoms with Crippen LogP contribution >= 0.6 is 0 Å². The highest BCUT2D eigenvalue weighted by molar-refractivity contribution is 6.99. The van der Waals surface area contributed by atoms with E-state index in [2.05, 4.69) is 121 Å². The van der Waals surface area contributed by atoms with E-state index in [1.54, 1.807) is 6.33 Å². The number of nitrogens with one attached hydrogen (secondary N) is 2. The number of aromatic amines is 1. The van der Waals surface area contributed by atoms with Crippen molar-refractivity contribution in [2.75, 3.05) is 11.9 Å². The Bertz CT molecular complexity index is 1870. The molecule has 2 fully saturated rings. The van der Waals surface area contributed by atoms with E-state index in [1.807, 2.05) is 20.0 Å². The maximum atomic E-state index is 7.34. The van der Waals surface area contributed by atoms with Crippen LogP contribution in [0.1, 0.15) is 69.9 Å². The highest BCUT2D eigenvalue weighted by Gasteiger charge is 2.58. The molecule has 4 heterocycles. The zero-order chi connectivity index (χ0) is 33.1. The molecule has 2 aliphatic heterocycles. The van der Waals surface area contributed by atoms with Crippen molar-refractivity contribution in [2.24, 2.45) is 0 Å². The summed E-state index contributed by atoms with van der Waals surface area (Å²) in [6, 6.07) is 30.3. The molecule has 5 aromatic rings. The van der Waals surface area contributed by atoms with Crippen LogP contribution in [-0.2, 0) is 25.1 Å². The molecule has 3 aliphatic rings. The van der Waals surface area contributed by atoms with Gasteiger partial charge in [-0.05, 0) is 53.2 Å². The van der Waals surface area contributed by atoms with Crippen molar-refractivity contribution < 1.29 is 18.6 Å². The molecule has 2 aromatic heterocycles. The summed E-state index contributed by atoms with van der Waals surface area (Å²) in [5, 5.41) is 6.01. The quantitative estimate of drug-likeness (QED) is 0.182. The van der Waals surface area contributed by atoms with Crippen LogP contribution in [0.15, 0.2) is 97.5 Å². The molecule has 2 N–H and O–H groups in total. The molecule has 0 bridgehead atoms. The predicted molar refractivity (Wildman–Crippen MR) is 190 cm³/mol. The summed E-state index contributed by atoms with van der Waals surface area (Å²) in [5.74, 6) is 0.0365. The van der Waals surface area contributed by atoms with Crippen LogP contribution in [0.5, 0.6) is 0 Å². The molecule has 8 rings (SSSR count). The zero-order valence-electron chi connectivity index (χ0n) is 28.3. The van der Waals surface area contributed by atoms with Crippen molar-refractivity contribution in [3.05, 3.63) is 114 Å². The molecule has 3 aromatic carbocycles. The largest absolute Gasteiger partial charge is 0.405 e. The van der Waals surface area contributed by atoms with Gasteiger partial charge in [0.2, 0.25) is 0 Å². The molecule has 0 radical (unpaired) electrons. The second kappa shape index (κ2) is 11.9. The number of aromatic nitrogens is 3. The maximum absolute atomic E-state index is 7.34. The molecule has 9 heteroatoms. The van der Waals surface area contributed by atoms with Gasteiger partial charge >= 0.3 is 0 Å². The molecule has 48 heavy (non-hydrogen) atoms. The molecular formula is C39H44N4O4Si. The van der Waals surface area contributed by atoms with Crippen molar-refractivity contribution in [3.63, 3.8) is 0 Å². The topological polar surface area (TPSA) is 90.5 Å². The maximum Gasteiger partial charge on any atom is 0.261 e. The molecule has 1 unspecified atom stereocenters. The Kier molecular flexibility index (Phi) is 7.80. The predicted octanol–water partition coefficient (Wildman–Crippen LogP) is 6.59. The van der Waals surface area contributed by atoms with Gasteiger partial charge in [0.15, 0.2) is 11.6 Å². The van der Waals surface area contributed by atoms with E-state index in [0.717, 1.165) is 35.3 Å². The van der Waals surface area contributed by atoms with Crippen LogP contribution < -0.4 is 15.7 Å². The first kappa shape index (κ1) is 31.4. The van der Waals surface area contributed by atoms with Gasteiger partial charge in [-0.25, -0.2) is 9.97 Å². The van der Waals surface area contributed by atoms with Crippen LogP contribution in [-0.4, -0.2) is 54.0 Å². The first-order chi connectivity index (χ1) is 23.1. The van der Waals surface area contributed by atoms with Crippen molar-refractivity contribution in [3.8, 4) is 0 Å². The van der Waals surface area contributed by atoms with Crippen LogP contribution in [0.25, 0.3) is 11.0 Å². The Morgan fingerprint density at radius 2 is 1.54 bits per heavy atom. The summed E-state index contributed by atoms with van der Waals surface area (Å²) in [7, 11) is -2.79. The van der Waals surface area contributed by atoms with Gasteiger partial charge < -0.3 is 28.9 Å². The van der Waals surface area contributed by atoms with Crippen molar-refractivity contribution in [1.82, 2.24) is 15.0 Å². The van der Waals surface area contributed by atoms with Gasteiger partial charge in [0.25, 0.3) is 8.32 Å². The van der Waals surface area contributed by atoms with E-state index >= 15 is 0 Å². The molecule has 248 valence electrons. The lowest BCUT2D eigenvalue weighted by Crippen LogP contribution is -2.67.